The lowest BCUT2D eigenvalue weighted by Crippen LogP contribution is -2.42. The maximum absolute atomic E-state index is 12.6. The molecule has 1 rings (SSSR count). The molecule has 1 saturated heterocycles. The van der Waals surface area contributed by atoms with E-state index in [1.165, 1.54) is 0 Å². The highest BCUT2D eigenvalue weighted by molar-refractivity contribution is 5.84. The molecule has 0 aromatic carbocycles. The molecule has 21 heavy (non-hydrogen) atoms. The molecule has 2 atom stereocenters. The van der Waals surface area contributed by atoms with Gasteiger partial charge in [0, 0.05) is 12.6 Å². The molecule has 1 aliphatic heterocycles. The number of unbranched alkanes of at least 4 members (excludes halogenated alkanes) is 1. The van der Waals surface area contributed by atoms with Crippen LogP contribution in [0.5, 0.6) is 0 Å². The molecule has 0 aliphatic carbocycles. The van der Waals surface area contributed by atoms with Crippen LogP contribution in [0, 0.1) is 11.8 Å². The molecular weight excluding hydrogens is 262 g/mol. The normalized spacial score (nSPS) is 23.4. The smallest absolute Gasteiger partial charge is 0.241 e. The molecule has 0 saturated carbocycles. The monoisotopic (exact) mass is 297 g/mol. The van der Waals surface area contributed by atoms with Gasteiger partial charge in [-0.3, -0.25) is 10.1 Å². The lowest BCUT2D eigenvalue weighted by atomic mass is 10.0. The van der Waals surface area contributed by atoms with Gasteiger partial charge >= 0.3 is 0 Å². The lowest BCUT2D eigenvalue weighted by molar-refractivity contribution is -0.131. The molecule has 0 aromatic rings. The molecule has 0 aromatic heterocycles. The van der Waals surface area contributed by atoms with Crippen LogP contribution in [0.1, 0.15) is 54.4 Å². The quantitative estimate of drug-likeness (QED) is 0.699. The molecule has 0 radical (unpaired) electrons. The summed E-state index contributed by atoms with van der Waals surface area (Å²) in [6.45, 7) is 15.0. The minimum absolute atomic E-state index is 0.00395. The molecule has 1 amide bonds. The van der Waals surface area contributed by atoms with E-state index in [0.29, 0.717) is 23.8 Å². The zero-order valence-corrected chi connectivity index (χ0v) is 15.0. The van der Waals surface area contributed by atoms with Gasteiger partial charge in [0.05, 0.1) is 12.2 Å². The van der Waals surface area contributed by atoms with Crippen LogP contribution in [0.3, 0.4) is 0 Å². The molecule has 4 nitrogen and oxygen atoms in total. The molecular formula is C17H35N3O. The summed E-state index contributed by atoms with van der Waals surface area (Å²) >= 11 is 0. The zero-order chi connectivity index (χ0) is 16.2. The summed E-state index contributed by atoms with van der Waals surface area (Å²) < 4.78 is 0. The number of nitrogens with zero attached hydrogens (tertiary/aromatic N) is 2. The Hall–Kier alpha value is -0.610. The van der Waals surface area contributed by atoms with Crippen molar-refractivity contribution in [2.75, 3.05) is 20.1 Å². The van der Waals surface area contributed by atoms with E-state index in [1.54, 1.807) is 0 Å². The Labute approximate surface area is 131 Å². The highest BCUT2D eigenvalue weighted by Crippen LogP contribution is 2.22. The minimum atomic E-state index is -0.00395. The van der Waals surface area contributed by atoms with Gasteiger partial charge in [-0.15, -0.1) is 0 Å². The first-order chi connectivity index (χ1) is 9.75. The maximum Gasteiger partial charge on any atom is 0.241 e. The Kier molecular flexibility index (Phi) is 7.14. The van der Waals surface area contributed by atoms with Crippen LogP contribution < -0.4 is 5.32 Å². The first-order valence-electron chi connectivity index (χ1n) is 8.52. The maximum atomic E-state index is 12.6. The van der Waals surface area contributed by atoms with Crippen LogP contribution in [0.2, 0.25) is 0 Å². The lowest BCUT2D eigenvalue weighted by Gasteiger charge is -2.28. The number of nitrogens with one attached hydrogen (secondary N) is 1. The van der Waals surface area contributed by atoms with Gasteiger partial charge in [-0.05, 0) is 52.1 Å². The Morgan fingerprint density at radius 2 is 1.71 bits per heavy atom. The summed E-state index contributed by atoms with van der Waals surface area (Å²) in [4.78, 5) is 17.0. The number of hydrogen-bond donors (Lipinski definition) is 1. The van der Waals surface area contributed by atoms with Gasteiger partial charge in [-0.1, -0.05) is 27.7 Å². The average molecular weight is 297 g/mol. The third-order valence-electron chi connectivity index (χ3n) is 4.57. The number of carbonyl (C=O) groups excluding carboxylic acids is 1. The van der Waals surface area contributed by atoms with Crippen molar-refractivity contribution >= 4 is 5.91 Å². The van der Waals surface area contributed by atoms with Crippen molar-refractivity contribution < 1.29 is 4.79 Å². The Morgan fingerprint density at radius 3 is 2.19 bits per heavy atom. The van der Waals surface area contributed by atoms with Crippen LogP contribution in [-0.4, -0.2) is 54.1 Å². The molecule has 0 bridgehead atoms. The van der Waals surface area contributed by atoms with E-state index < -0.39 is 0 Å². The summed E-state index contributed by atoms with van der Waals surface area (Å²) in [5.74, 6) is 1.10. The Bertz CT molecular complexity index is 328. The van der Waals surface area contributed by atoms with Crippen LogP contribution in [0.25, 0.3) is 0 Å². The summed E-state index contributed by atoms with van der Waals surface area (Å²) in [6, 6.07) is 0.588. The SMILES string of the molecule is CC(C)C1NC(C(C)C)N(CCCCN(C)C(C)C)C1=O. The second-order valence-electron chi connectivity index (χ2n) is 7.39. The van der Waals surface area contributed by atoms with Gasteiger partial charge in [0.15, 0.2) is 0 Å². The van der Waals surface area contributed by atoms with Crippen molar-refractivity contribution in [1.82, 2.24) is 15.1 Å². The summed E-state index contributed by atoms with van der Waals surface area (Å²) in [6.07, 6.45) is 2.43. The van der Waals surface area contributed by atoms with E-state index in [2.05, 4.69) is 63.7 Å². The number of hydrogen-bond acceptors (Lipinski definition) is 3. The van der Waals surface area contributed by atoms with E-state index >= 15 is 0 Å². The Balaban J connectivity index is 2.49. The predicted octanol–water partition coefficient (Wildman–Crippen LogP) is 2.55. The van der Waals surface area contributed by atoms with Crippen LogP contribution in [0.15, 0.2) is 0 Å². The van der Waals surface area contributed by atoms with Crippen molar-refractivity contribution in [2.45, 2.75) is 72.6 Å². The molecule has 1 fully saturated rings. The van der Waals surface area contributed by atoms with E-state index in [-0.39, 0.29) is 12.2 Å². The fraction of sp³-hybridized carbons (Fsp3) is 0.941. The molecule has 4 heteroatoms. The molecule has 1 aliphatic rings. The van der Waals surface area contributed by atoms with Crippen LogP contribution >= 0.6 is 0 Å². The molecule has 0 spiro atoms. The van der Waals surface area contributed by atoms with Crippen molar-refractivity contribution in [3.05, 3.63) is 0 Å². The third-order valence-corrected chi connectivity index (χ3v) is 4.57. The van der Waals surface area contributed by atoms with Gasteiger partial charge in [0.1, 0.15) is 0 Å². The van der Waals surface area contributed by atoms with E-state index in [4.69, 9.17) is 0 Å². The van der Waals surface area contributed by atoms with Gasteiger partial charge in [-0.25, -0.2) is 0 Å². The first-order valence-corrected chi connectivity index (χ1v) is 8.52. The summed E-state index contributed by atoms with van der Waals surface area (Å²) in [7, 11) is 2.17. The van der Waals surface area contributed by atoms with E-state index in [0.717, 1.165) is 25.9 Å². The number of rotatable bonds is 8. The van der Waals surface area contributed by atoms with E-state index in [9.17, 15) is 4.79 Å². The van der Waals surface area contributed by atoms with Crippen LogP contribution in [-0.2, 0) is 4.79 Å². The zero-order valence-electron chi connectivity index (χ0n) is 15.0. The van der Waals surface area contributed by atoms with Crippen molar-refractivity contribution in [1.29, 1.82) is 0 Å². The van der Waals surface area contributed by atoms with Gasteiger partial charge in [0.2, 0.25) is 5.91 Å². The van der Waals surface area contributed by atoms with Crippen molar-refractivity contribution in [2.24, 2.45) is 11.8 Å². The molecule has 2 unspecified atom stereocenters. The topological polar surface area (TPSA) is 35.6 Å². The fourth-order valence-corrected chi connectivity index (χ4v) is 2.84. The van der Waals surface area contributed by atoms with Crippen molar-refractivity contribution in [3.8, 4) is 0 Å². The second kappa shape index (κ2) is 8.14. The number of carbonyl (C=O) groups is 1. The van der Waals surface area contributed by atoms with Gasteiger partial charge < -0.3 is 9.80 Å². The van der Waals surface area contributed by atoms with Gasteiger partial charge in [-0.2, -0.15) is 0 Å². The van der Waals surface area contributed by atoms with Gasteiger partial charge in [0.25, 0.3) is 0 Å². The van der Waals surface area contributed by atoms with E-state index in [1.807, 2.05) is 0 Å². The first kappa shape index (κ1) is 18.4. The largest absolute Gasteiger partial charge is 0.326 e. The average Bonchev–Trinajstić information content (AvgIpc) is 2.72. The summed E-state index contributed by atoms with van der Waals surface area (Å²) in [5, 5.41) is 3.52. The van der Waals surface area contributed by atoms with Crippen molar-refractivity contribution in [3.63, 3.8) is 0 Å². The molecule has 1 heterocycles. The molecule has 124 valence electrons. The molecule has 1 N–H and O–H groups in total. The fourth-order valence-electron chi connectivity index (χ4n) is 2.84. The van der Waals surface area contributed by atoms with Crippen LogP contribution in [0.4, 0.5) is 0 Å². The standard InChI is InChI=1S/C17H35N3O/c1-12(2)15-17(21)20(16(18-15)13(3)4)11-9-8-10-19(7)14(5)6/h12-16,18H,8-11H2,1-7H3. The number of amides is 1. The second-order valence-corrected chi connectivity index (χ2v) is 7.39. The predicted molar refractivity (Wildman–Crippen MR) is 89.1 cm³/mol. The highest BCUT2D eigenvalue weighted by Gasteiger charge is 2.40. The highest BCUT2D eigenvalue weighted by atomic mass is 16.2. The third kappa shape index (κ3) is 4.96. The Morgan fingerprint density at radius 1 is 1.10 bits per heavy atom. The summed E-state index contributed by atoms with van der Waals surface area (Å²) in [5.41, 5.74) is 0. The minimum Gasteiger partial charge on any atom is -0.326 e.